The van der Waals surface area contributed by atoms with Crippen LogP contribution in [0.15, 0.2) is 18.2 Å². The highest BCUT2D eigenvalue weighted by atomic mass is 14.5. The number of hydrogen-bond acceptors (Lipinski definition) is 0. The highest BCUT2D eigenvalue weighted by molar-refractivity contribution is 5.42. The maximum atomic E-state index is 2.57. The van der Waals surface area contributed by atoms with Gasteiger partial charge in [0.25, 0.3) is 0 Å². The minimum absolute atomic E-state index is 0.423. The lowest BCUT2D eigenvalue weighted by Crippen LogP contribution is -2.48. The molecule has 0 amide bonds. The van der Waals surface area contributed by atoms with Gasteiger partial charge in [0, 0.05) is 0 Å². The van der Waals surface area contributed by atoms with Crippen molar-refractivity contribution in [2.45, 2.75) is 84.5 Å². The first-order valence-corrected chi connectivity index (χ1v) is 9.04. The van der Waals surface area contributed by atoms with Crippen LogP contribution in [0, 0.1) is 11.3 Å². The van der Waals surface area contributed by atoms with E-state index in [-0.39, 0.29) is 0 Å². The summed E-state index contributed by atoms with van der Waals surface area (Å²) in [5, 5.41) is 0. The average molecular weight is 284 g/mol. The Balaban J connectivity index is 2.05. The zero-order chi connectivity index (χ0) is 15.3. The fourth-order valence-corrected chi connectivity index (χ4v) is 5.43. The fraction of sp³-hybridized carbons (Fsp3) is 0.714. The van der Waals surface area contributed by atoms with E-state index in [0.717, 1.165) is 5.92 Å². The van der Waals surface area contributed by atoms with Gasteiger partial charge >= 0.3 is 0 Å². The summed E-state index contributed by atoms with van der Waals surface area (Å²) in [7, 11) is 0. The van der Waals surface area contributed by atoms with Crippen LogP contribution in [0.25, 0.3) is 0 Å². The van der Waals surface area contributed by atoms with E-state index in [1.54, 1.807) is 11.1 Å². The van der Waals surface area contributed by atoms with E-state index in [2.05, 4.69) is 52.8 Å². The van der Waals surface area contributed by atoms with Crippen LogP contribution in [0.5, 0.6) is 0 Å². The van der Waals surface area contributed by atoms with Crippen molar-refractivity contribution in [1.29, 1.82) is 0 Å². The summed E-state index contributed by atoms with van der Waals surface area (Å²) in [6.07, 6.45) is 8.26. The van der Waals surface area contributed by atoms with Crippen molar-refractivity contribution < 1.29 is 0 Å². The largest absolute Gasteiger partial charge is 0.0649 e. The SMILES string of the molecule is CC[C@]1(C)CCC[C@]2(C)c3ccc(C(C)C)cc3CCC12. The molecular weight excluding hydrogens is 252 g/mol. The number of hydrogen-bond donors (Lipinski definition) is 0. The quantitative estimate of drug-likeness (QED) is 0.604. The van der Waals surface area contributed by atoms with Crippen LogP contribution in [0.4, 0.5) is 0 Å². The third kappa shape index (κ3) is 2.26. The molecule has 0 nitrogen and oxygen atoms in total. The van der Waals surface area contributed by atoms with Gasteiger partial charge in [0.05, 0.1) is 0 Å². The summed E-state index contributed by atoms with van der Waals surface area (Å²) >= 11 is 0. The first kappa shape index (κ1) is 15.1. The number of fused-ring (bicyclic) bond motifs is 3. The molecule has 0 spiro atoms. The highest BCUT2D eigenvalue weighted by Crippen LogP contribution is 2.58. The summed E-state index contributed by atoms with van der Waals surface area (Å²) in [5.41, 5.74) is 5.83. The van der Waals surface area contributed by atoms with Gasteiger partial charge in [-0.05, 0) is 65.0 Å². The Hall–Kier alpha value is -0.780. The van der Waals surface area contributed by atoms with Gasteiger partial charge in [-0.3, -0.25) is 0 Å². The Kier molecular flexibility index (Phi) is 3.71. The second-order valence-electron chi connectivity index (χ2n) is 8.44. The minimum atomic E-state index is 0.423. The van der Waals surface area contributed by atoms with Crippen LogP contribution in [-0.2, 0) is 11.8 Å². The van der Waals surface area contributed by atoms with E-state index in [1.165, 1.54) is 44.1 Å². The molecule has 2 aliphatic carbocycles. The van der Waals surface area contributed by atoms with E-state index in [9.17, 15) is 0 Å². The predicted octanol–water partition coefficient (Wildman–Crippen LogP) is 6.23. The van der Waals surface area contributed by atoms with E-state index in [1.807, 2.05) is 0 Å². The summed E-state index contributed by atoms with van der Waals surface area (Å²) in [6, 6.07) is 7.40. The molecule has 1 fully saturated rings. The first-order chi connectivity index (χ1) is 9.90. The van der Waals surface area contributed by atoms with Crippen LogP contribution in [0.2, 0.25) is 0 Å². The van der Waals surface area contributed by atoms with Crippen LogP contribution in [0.1, 0.15) is 89.3 Å². The molecule has 0 radical (unpaired) electrons. The van der Waals surface area contributed by atoms with Crippen molar-refractivity contribution in [2.75, 3.05) is 0 Å². The van der Waals surface area contributed by atoms with Gasteiger partial charge in [-0.25, -0.2) is 0 Å². The van der Waals surface area contributed by atoms with Gasteiger partial charge in [0.2, 0.25) is 0 Å². The molecule has 3 rings (SSSR count). The van der Waals surface area contributed by atoms with Gasteiger partial charge < -0.3 is 0 Å². The monoisotopic (exact) mass is 284 g/mol. The van der Waals surface area contributed by atoms with Crippen LogP contribution < -0.4 is 0 Å². The van der Waals surface area contributed by atoms with Gasteiger partial charge in [0.1, 0.15) is 0 Å². The molecule has 1 saturated carbocycles. The smallest absolute Gasteiger partial charge is 0.00390 e. The normalized spacial score (nSPS) is 35.4. The Morgan fingerprint density at radius 2 is 1.95 bits per heavy atom. The Bertz CT molecular complexity index is 527. The standard InChI is InChI=1S/C21H32/c1-6-20(4)12-7-13-21(5)18-10-8-16(15(2)3)14-17(18)9-11-19(20)21/h8,10,14-15,19H,6-7,9,11-13H2,1-5H3/t19?,20-,21-/m1/s1. The predicted molar refractivity (Wildman–Crippen MR) is 91.9 cm³/mol. The Labute approximate surface area is 131 Å². The van der Waals surface area contributed by atoms with Crippen molar-refractivity contribution in [3.63, 3.8) is 0 Å². The summed E-state index contributed by atoms with van der Waals surface area (Å²) in [6.45, 7) is 12.1. The molecule has 21 heavy (non-hydrogen) atoms. The second kappa shape index (κ2) is 5.14. The van der Waals surface area contributed by atoms with E-state index < -0.39 is 0 Å². The molecule has 0 aromatic heterocycles. The maximum absolute atomic E-state index is 2.57. The molecule has 0 heterocycles. The molecule has 1 aromatic rings. The molecule has 116 valence electrons. The molecule has 0 bridgehead atoms. The van der Waals surface area contributed by atoms with Crippen LogP contribution >= 0.6 is 0 Å². The summed E-state index contributed by atoms with van der Waals surface area (Å²) in [5.74, 6) is 1.52. The third-order valence-electron chi connectivity index (χ3n) is 6.98. The molecule has 3 atom stereocenters. The van der Waals surface area contributed by atoms with Crippen molar-refractivity contribution in [3.05, 3.63) is 34.9 Å². The third-order valence-corrected chi connectivity index (χ3v) is 6.98. The van der Waals surface area contributed by atoms with Gasteiger partial charge in [-0.2, -0.15) is 0 Å². The molecule has 2 aliphatic rings. The zero-order valence-electron chi connectivity index (χ0n) is 14.6. The van der Waals surface area contributed by atoms with E-state index >= 15 is 0 Å². The number of aryl methyl sites for hydroxylation is 1. The van der Waals surface area contributed by atoms with Gasteiger partial charge in [-0.1, -0.05) is 65.7 Å². The molecule has 0 saturated heterocycles. The van der Waals surface area contributed by atoms with E-state index in [4.69, 9.17) is 0 Å². The van der Waals surface area contributed by atoms with Crippen molar-refractivity contribution in [1.82, 2.24) is 0 Å². The minimum Gasteiger partial charge on any atom is -0.0649 e. The fourth-order valence-electron chi connectivity index (χ4n) is 5.43. The van der Waals surface area contributed by atoms with Gasteiger partial charge in [-0.15, -0.1) is 0 Å². The van der Waals surface area contributed by atoms with Crippen molar-refractivity contribution in [2.24, 2.45) is 11.3 Å². The average Bonchev–Trinajstić information content (AvgIpc) is 2.46. The first-order valence-electron chi connectivity index (χ1n) is 9.04. The lowest BCUT2D eigenvalue weighted by atomic mass is 9.49. The molecule has 1 aromatic carbocycles. The Morgan fingerprint density at radius 3 is 2.62 bits per heavy atom. The second-order valence-corrected chi connectivity index (χ2v) is 8.44. The van der Waals surface area contributed by atoms with Gasteiger partial charge in [0.15, 0.2) is 0 Å². The lowest BCUT2D eigenvalue weighted by Gasteiger charge is -2.55. The highest BCUT2D eigenvalue weighted by Gasteiger charge is 2.50. The topological polar surface area (TPSA) is 0 Å². The van der Waals surface area contributed by atoms with Crippen LogP contribution in [0.3, 0.4) is 0 Å². The zero-order valence-corrected chi connectivity index (χ0v) is 14.6. The molecule has 0 aliphatic heterocycles. The van der Waals surface area contributed by atoms with Crippen molar-refractivity contribution in [3.8, 4) is 0 Å². The maximum Gasteiger partial charge on any atom is -0.00390 e. The number of rotatable bonds is 2. The van der Waals surface area contributed by atoms with Crippen LogP contribution in [-0.4, -0.2) is 0 Å². The lowest BCUT2D eigenvalue weighted by molar-refractivity contribution is 0.0226. The molecular formula is C21H32. The molecule has 0 N–H and O–H groups in total. The summed E-state index contributed by atoms with van der Waals surface area (Å²) in [4.78, 5) is 0. The number of benzene rings is 1. The summed E-state index contributed by atoms with van der Waals surface area (Å²) < 4.78 is 0. The molecule has 0 heteroatoms. The Morgan fingerprint density at radius 1 is 1.19 bits per heavy atom. The van der Waals surface area contributed by atoms with E-state index in [0.29, 0.717) is 16.7 Å². The van der Waals surface area contributed by atoms with Crippen molar-refractivity contribution >= 4 is 0 Å². The molecule has 1 unspecified atom stereocenters.